The highest BCUT2D eigenvalue weighted by molar-refractivity contribution is 5.86. The Kier molecular flexibility index (Phi) is 6.22. The highest BCUT2D eigenvalue weighted by atomic mass is 16.6. The van der Waals surface area contributed by atoms with Crippen LogP contribution in [0.25, 0.3) is 11.0 Å². The third-order valence-electron chi connectivity index (χ3n) is 5.44. The number of aryl methyl sites for hydroxylation is 1. The van der Waals surface area contributed by atoms with Gasteiger partial charge in [0.2, 0.25) is 0 Å². The Labute approximate surface area is 191 Å². The van der Waals surface area contributed by atoms with Crippen molar-refractivity contribution in [2.24, 2.45) is 0 Å². The van der Waals surface area contributed by atoms with Crippen LogP contribution in [-0.2, 0) is 22.4 Å². The summed E-state index contributed by atoms with van der Waals surface area (Å²) in [4.78, 5) is 37.8. The van der Waals surface area contributed by atoms with Crippen molar-refractivity contribution in [3.8, 4) is 5.75 Å². The molecule has 4 rings (SSSR count). The maximum absolute atomic E-state index is 13.1. The van der Waals surface area contributed by atoms with Crippen LogP contribution in [0.3, 0.4) is 0 Å². The van der Waals surface area contributed by atoms with Crippen LogP contribution in [0.2, 0.25) is 0 Å². The molecule has 0 saturated carbocycles. The van der Waals surface area contributed by atoms with E-state index in [2.05, 4.69) is 5.32 Å². The van der Waals surface area contributed by atoms with Crippen LogP contribution in [0.4, 0.5) is 4.79 Å². The molecule has 33 heavy (non-hydrogen) atoms. The second kappa shape index (κ2) is 9.10. The molecule has 0 fully saturated rings. The van der Waals surface area contributed by atoms with Crippen molar-refractivity contribution >= 4 is 23.0 Å². The number of hydrogen-bond acceptors (Lipinski definition) is 6. The summed E-state index contributed by atoms with van der Waals surface area (Å²) in [5, 5.41) is 3.44. The van der Waals surface area contributed by atoms with Gasteiger partial charge in [0.05, 0.1) is 0 Å². The summed E-state index contributed by atoms with van der Waals surface area (Å²) in [6, 6.07) is 12.7. The molecule has 1 aliphatic rings. The maximum atomic E-state index is 13.1. The maximum Gasteiger partial charge on any atom is 0.408 e. The predicted molar refractivity (Wildman–Crippen MR) is 123 cm³/mol. The molecule has 172 valence electrons. The van der Waals surface area contributed by atoms with E-state index >= 15 is 0 Å². The fourth-order valence-corrected chi connectivity index (χ4v) is 4.01. The van der Waals surface area contributed by atoms with Crippen molar-refractivity contribution in [2.45, 2.75) is 58.1 Å². The van der Waals surface area contributed by atoms with E-state index in [9.17, 15) is 14.4 Å². The van der Waals surface area contributed by atoms with E-state index in [1.54, 1.807) is 57.2 Å². The lowest BCUT2D eigenvalue weighted by atomic mass is 9.91. The molecular formula is C26H27NO6. The van der Waals surface area contributed by atoms with E-state index in [1.807, 2.05) is 12.1 Å². The van der Waals surface area contributed by atoms with Gasteiger partial charge in [0.1, 0.15) is 16.9 Å². The van der Waals surface area contributed by atoms with Gasteiger partial charge in [0.25, 0.3) is 0 Å². The standard InChI is InChI=1S/C26H27NO6/c1-26(2,3)33-25(30)27-22(16-9-5-4-6-10-16)24(29)31-17-13-14-19-18-11-7-8-12-20(18)23(28)32-21(19)15-17/h4-6,9-10,13-15,22H,7-8,11-12H2,1-3H3,(H,27,30)/t22-/m0/s1. The Bertz CT molecular complexity index is 1240. The number of rotatable bonds is 4. The monoisotopic (exact) mass is 449 g/mol. The van der Waals surface area contributed by atoms with Gasteiger partial charge in [-0.05, 0) is 69.7 Å². The van der Waals surface area contributed by atoms with Crippen LogP contribution < -0.4 is 15.7 Å². The summed E-state index contributed by atoms with van der Waals surface area (Å²) in [5.41, 5.74) is 1.62. The molecule has 0 saturated heterocycles. The molecular weight excluding hydrogens is 422 g/mol. The number of esters is 1. The van der Waals surface area contributed by atoms with Gasteiger partial charge in [-0.25, -0.2) is 14.4 Å². The van der Waals surface area contributed by atoms with Gasteiger partial charge in [0.15, 0.2) is 6.04 Å². The van der Waals surface area contributed by atoms with E-state index in [-0.39, 0.29) is 11.4 Å². The van der Waals surface area contributed by atoms with Gasteiger partial charge >= 0.3 is 17.7 Å². The smallest absolute Gasteiger partial charge is 0.408 e. The molecule has 0 bridgehead atoms. The van der Waals surface area contributed by atoms with Gasteiger partial charge in [-0.15, -0.1) is 0 Å². The summed E-state index contributed by atoms with van der Waals surface area (Å²) in [7, 11) is 0. The summed E-state index contributed by atoms with van der Waals surface area (Å²) in [5.74, 6) is -0.468. The van der Waals surface area contributed by atoms with Crippen LogP contribution in [0.15, 0.2) is 57.7 Å². The van der Waals surface area contributed by atoms with E-state index in [1.165, 1.54) is 0 Å². The quantitative estimate of drug-likeness (QED) is 0.348. The highest BCUT2D eigenvalue weighted by Gasteiger charge is 2.28. The number of nitrogens with one attached hydrogen (secondary N) is 1. The molecule has 0 radical (unpaired) electrons. The SMILES string of the molecule is CC(C)(C)OC(=O)N[C@H](C(=O)Oc1ccc2c3c(c(=O)oc2c1)CCCC3)c1ccccc1. The summed E-state index contributed by atoms with van der Waals surface area (Å²) >= 11 is 0. The van der Waals surface area contributed by atoms with Gasteiger partial charge in [0, 0.05) is 17.0 Å². The molecule has 1 N–H and O–H groups in total. The van der Waals surface area contributed by atoms with E-state index < -0.39 is 23.7 Å². The van der Waals surface area contributed by atoms with Crippen LogP contribution in [0, 0.1) is 0 Å². The second-order valence-corrected chi connectivity index (χ2v) is 9.12. The van der Waals surface area contributed by atoms with Gasteiger partial charge in [-0.2, -0.15) is 0 Å². The number of hydrogen-bond donors (Lipinski definition) is 1. The predicted octanol–water partition coefficient (Wildman–Crippen LogP) is 4.84. The summed E-state index contributed by atoms with van der Waals surface area (Å²) in [6.07, 6.45) is 2.82. The number of carbonyl (C=O) groups excluding carboxylic acids is 2. The number of amides is 1. The first kappa shape index (κ1) is 22.6. The molecule has 1 heterocycles. The summed E-state index contributed by atoms with van der Waals surface area (Å²) < 4.78 is 16.4. The van der Waals surface area contributed by atoms with Crippen LogP contribution in [0.1, 0.15) is 56.3 Å². The lowest BCUT2D eigenvalue weighted by molar-refractivity contribution is -0.137. The van der Waals surface area contributed by atoms with Crippen molar-refractivity contribution in [1.29, 1.82) is 0 Å². The normalized spacial score (nSPS) is 14.3. The zero-order valence-corrected chi connectivity index (χ0v) is 19.0. The van der Waals surface area contributed by atoms with Crippen molar-refractivity contribution in [3.05, 3.63) is 75.6 Å². The lowest BCUT2D eigenvalue weighted by Gasteiger charge is -2.23. The first-order valence-corrected chi connectivity index (χ1v) is 11.1. The number of alkyl carbamates (subject to hydrolysis) is 1. The van der Waals surface area contributed by atoms with Crippen molar-refractivity contribution in [3.63, 3.8) is 0 Å². The lowest BCUT2D eigenvalue weighted by Crippen LogP contribution is -2.39. The zero-order valence-electron chi connectivity index (χ0n) is 19.0. The molecule has 0 aliphatic heterocycles. The fourth-order valence-electron chi connectivity index (χ4n) is 4.01. The second-order valence-electron chi connectivity index (χ2n) is 9.12. The average Bonchev–Trinajstić information content (AvgIpc) is 2.77. The van der Waals surface area contributed by atoms with E-state index in [0.717, 1.165) is 42.2 Å². The topological polar surface area (TPSA) is 94.8 Å². The highest BCUT2D eigenvalue weighted by Crippen LogP contribution is 2.29. The molecule has 1 aliphatic carbocycles. The molecule has 1 atom stereocenters. The Balaban J connectivity index is 1.61. The first-order valence-electron chi connectivity index (χ1n) is 11.1. The number of ether oxygens (including phenoxy) is 2. The van der Waals surface area contributed by atoms with Crippen molar-refractivity contribution < 1.29 is 23.5 Å². The first-order chi connectivity index (χ1) is 15.7. The van der Waals surface area contributed by atoms with Gasteiger partial charge < -0.3 is 19.2 Å². The third kappa shape index (κ3) is 5.25. The molecule has 1 amide bonds. The minimum absolute atomic E-state index is 0.221. The molecule has 1 aromatic heterocycles. The van der Waals surface area contributed by atoms with Crippen LogP contribution >= 0.6 is 0 Å². The van der Waals surface area contributed by atoms with Gasteiger partial charge in [-0.1, -0.05) is 30.3 Å². The molecule has 0 unspecified atom stereocenters. The Hall–Kier alpha value is -3.61. The molecule has 0 spiro atoms. The van der Waals surface area contributed by atoms with Crippen molar-refractivity contribution in [1.82, 2.24) is 5.32 Å². The Morgan fingerprint density at radius 2 is 1.70 bits per heavy atom. The molecule has 2 aromatic carbocycles. The number of fused-ring (bicyclic) bond motifs is 3. The largest absolute Gasteiger partial charge is 0.444 e. The average molecular weight is 450 g/mol. The van der Waals surface area contributed by atoms with E-state index in [0.29, 0.717) is 11.1 Å². The zero-order chi connectivity index (χ0) is 23.6. The summed E-state index contributed by atoms with van der Waals surface area (Å²) in [6.45, 7) is 5.22. The number of benzene rings is 2. The minimum Gasteiger partial charge on any atom is -0.444 e. The van der Waals surface area contributed by atoms with Crippen LogP contribution in [0.5, 0.6) is 5.75 Å². The third-order valence-corrected chi connectivity index (χ3v) is 5.44. The van der Waals surface area contributed by atoms with E-state index in [4.69, 9.17) is 13.9 Å². The molecule has 3 aromatic rings. The molecule has 7 nitrogen and oxygen atoms in total. The number of carbonyl (C=O) groups is 2. The Morgan fingerprint density at radius 3 is 2.39 bits per heavy atom. The van der Waals surface area contributed by atoms with Gasteiger partial charge in [-0.3, -0.25) is 0 Å². The minimum atomic E-state index is -1.08. The molecule has 7 heteroatoms. The Morgan fingerprint density at radius 1 is 1.00 bits per heavy atom. The fraction of sp³-hybridized carbons (Fsp3) is 0.346. The van der Waals surface area contributed by atoms with Crippen LogP contribution in [-0.4, -0.2) is 17.7 Å². The van der Waals surface area contributed by atoms with Crippen molar-refractivity contribution in [2.75, 3.05) is 0 Å².